The maximum absolute atomic E-state index is 12.8. The van der Waals surface area contributed by atoms with Crippen molar-refractivity contribution < 1.29 is 9.59 Å². The molecule has 2 amide bonds. The van der Waals surface area contributed by atoms with Crippen LogP contribution in [0.2, 0.25) is 5.02 Å². The van der Waals surface area contributed by atoms with E-state index in [1.807, 2.05) is 45.0 Å². The molecular weight excluding hydrogens is 423 g/mol. The largest absolute Gasteiger partial charge is 0.332 e. The van der Waals surface area contributed by atoms with Gasteiger partial charge in [0.2, 0.25) is 11.8 Å². The van der Waals surface area contributed by atoms with Crippen molar-refractivity contribution in [2.24, 2.45) is 0 Å². The topological polar surface area (TPSA) is 67.2 Å². The molecule has 1 aromatic carbocycles. The highest BCUT2D eigenvalue weighted by atomic mass is 35.5. The average molecular weight is 453 g/mol. The van der Waals surface area contributed by atoms with Crippen molar-refractivity contribution in [1.82, 2.24) is 14.7 Å². The fraction of sp³-hybridized carbons (Fsp3) is 0.500. The monoisotopic (exact) mass is 452 g/mol. The summed E-state index contributed by atoms with van der Waals surface area (Å²) in [5.74, 6) is -0.202. The van der Waals surface area contributed by atoms with Crippen LogP contribution in [0.5, 0.6) is 0 Å². The van der Waals surface area contributed by atoms with Gasteiger partial charge in [0.1, 0.15) is 11.7 Å². The minimum absolute atomic E-state index is 0.0617. The lowest BCUT2D eigenvalue weighted by molar-refractivity contribution is -0.132. The zero-order valence-electron chi connectivity index (χ0n) is 18.0. The molecular formula is C22H30Cl2N4O2. The van der Waals surface area contributed by atoms with Gasteiger partial charge in [0.15, 0.2) is 0 Å². The fourth-order valence-corrected chi connectivity index (χ4v) is 3.31. The SMILES string of the molecule is CCCCCN(CC(=O)Nc1cc(C(C)(C)C)nn1-c1ccccc1Cl)C(=O)CCl. The summed E-state index contributed by atoms with van der Waals surface area (Å²) in [5, 5.41) is 8.09. The number of nitrogens with zero attached hydrogens (tertiary/aromatic N) is 3. The number of alkyl halides is 1. The van der Waals surface area contributed by atoms with E-state index in [9.17, 15) is 9.59 Å². The molecule has 0 fully saturated rings. The van der Waals surface area contributed by atoms with Gasteiger partial charge in [-0.1, -0.05) is 64.3 Å². The number of carbonyl (C=O) groups is 2. The number of aromatic nitrogens is 2. The summed E-state index contributed by atoms with van der Waals surface area (Å²) in [5.41, 5.74) is 1.27. The van der Waals surface area contributed by atoms with Gasteiger partial charge in [-0.25, -0.2) is 4.68 Å². The van der Waals surface area contributed by atoms with Gasteiger partial charge in [0.25, 0.3) is 0 Å². The normalized spacial score (nSPS) is 11.4. The van der Waals surface area contributed by atoms with E-state index in [2.05, 4.69) is 17.3 Å². The number of hydrogen-bond donors (Lipinski definition) is 1. The highest BCUT2D eigenvalue weighted by molar-refractivity contribution is 6.32. The Bertz CT molecular complexity index is 874. The van der Waals surface area contributed by atoms with E-state index >= 15 is 0 Å². The molecule has 0 aliphatic rings. The maximum Gasteiger partial charge on any atom is 0.245 e. The van der Waals surface area contributed by atoms with E-state index in [1.165, 1.54) is 4.90 Å². The molecule has 164 valence electrons. The van der Waals surface area contributed by atoms with Crippen LogP contribution >= 0.6 is 23.2 Å². The number of nitrogens with one attached hydrogen (secondary N) is 1. The lowest BCUT2D eigenvalue weighted by Crippen LogP contribution is -2.39. The highest BCUT2D eigenvalue weighted by Gasteiger charge is 2.23. The lowest BCUT2D eigenvalue weighted by atomic mass is 9.92. The Morgan fingerprint density at radius 2 is 1.90 bits per heavy atom. The summed E-state index contributed by atoms with van der Waals surface area (Å²) in [6.45, 7) is 8.67. The molecule has 0 aliphatic carbocycles. The summed E-state index contributed by atoms with van der Waals surface area (Å²) < 4.78 is 1.63. The first-order valence-corrected chi connectivity index (χ1v) is 11.1. The molecule has 0 aliphatic heterocycles. The highest BCUT2D eigenvalue weighted by Crippen LogP contribution is 2.29. The number of para-hydroxylation sites is 1. The van der Waals surface area contributed by atoms with Crippen molar-refractivity contribution in [1.29, 1.82) is 0 Å². The Morgan fingerprint density at radius 1 is 1.20 bits per heavy atom. The molecule has 0 bridgehead atoms. The van der Waals surface area contributed by atoms with E-state index in [4.69, 9.17) is 23.2 Å². The van der Waals surface area contributed by atoms with Crippen molar-refractivity contribution in [2.45, 2.75) is 52.4 Å². The summed E-state index contributed by atoms with van der Waals surface area (Å²) in [6.07, 6.45) is 2.85. The molecule has 0 radical (unpaired) electrons. The average Bonchev–Trinajstić information content (AvgIpc) is 3.11. The second kappa shape index (κ2) is 10.8. The number of rotatable bonds is 9. The Morgan fingerprint density at radius 3 is 2.50 bits per heavy atom. The quantitative estimate of drug-likeness (QED) is 0.428. The van der Waals surface area contributed by atoms with Gasteiger partial charge < -0.3 is 10.2 Å². The van der Waals surface area contributed by atoms with Gasteiger partial charge in [-0.3, -0.25) is 9.59 Å². The second-order valence-corrected chi connectivity index (χ2v) is 8.91. The van der Waals surface area contributed by atoms with Gasteiger partial charge in [0, 0.05) is 18.0 Å². The molecule has 0 unspecified atom stereocenters. The lowest BCUT2D eigenvalue weighted by Gasteiger charge is -2.21. The summed E-state index contributed by atoms with van der Waals surface area (Å²) in [4.78, 5) is 26.4. The predicted molar refractivity (Wildman–Crippen MR) is 123 cm³/mol. The van der Waals surface area contributed by atoms with Crippen LogP contribution in [-0.2, 0) is 15.0 Å². The van der Waals surface area contributed by atoms with Crippen LogP contribution in [0.25, 0.3) is 5.69 Å². The van der Waals surface area contributed by atoms with E-state index in [0.29, 0.717) is 23.1 Å². The number of benzene rings is 1. The molecule has 0 saturated heterocycles. The molecule has 2 rings (SSSR count). The fourth-order valence-electron chi connectivity index (χ4n) is 2.93. The van der Waals surface area contributed by atoms with Crippen LogP contribution in [0.1, 0.15) is 52.7 Å². The second-order valence-electron chi connectivity index (χ2n) is 8.23. The molecule has 0 spiro atoms. The number of halogens is 2. The first kappa shape index (κ1) is 24.2. The van der Waals surface area contributed by atoms with Crippen molar-refractivity contribution in [3.05, 3.63) is 41.0 Å². The van der Waals surface area contributed by atoms with Gasteiger partial charge >= 0.3 is 0 Å². The molecule has 2 aromatic rings. The molecule has 1 heterocycles. The van der Waals surface area contributed by atoms with Crippen LogP contribution in [0.3, 0.4) is 0 Å². The van der Waals surface area contributed by atoms with Crippen LogP contribution < -0.4 is 5.32 Å². The number of anilines is 1. The molecule has 1 aromatic heterocycles. The van der Waals surface area contributed by atoms with E-state index in [-0.39, 0.29) is 29.7 Å². The molecule has 6 nitrogen and oxygen atoms in total. The van der Waals surface area contributed by atoms with Crippen molar-refractivity contribution in [3.8, 4) is 5.69 Å². The standard InChI is InChI=1S/C22H30Cl2N4O2/c1-5-6-9-12-27(21(30)14-23)15-20(29)25-19-13-18(22(2,3)4)26-28(19)17-11-8-7-10-16(17)24/h7-8,10-11,13H,5-6,9,12,14-15H2,1-4H3,(H,25,29). The predicted octanol–water partition coefficient (Wildman–Crippen LogP) is 5.02. The summed E-state index contributed by atoms with van der Waals surface area (Å²) >= 11 is 12.1. The van der Waals surface area contributed by atoms with E-state index in [1.54, 1.807) is 10.7 Å². The van der Waals surface area contributed by atoms with Gasteiger partial charge in [-0.15, -0.1) is 11.6 Å². The third kappa shape index (κ3) is 6.47. The molecule has 8 heteroatoms. The van der Waals surface area contributed by atoms with Gasteiger partial charge in [0.05, 0.1) is 22.9 Å². The third-order valence-corrected chi connectivity index (χ3v) is 5.21. The smallest absolute Gasteiger partial charge is 0.245 e. The Balaban J connectivity index is 2.27. The number of unbranched alkanes of at least 4 members (excludes halogenated alkanes) is 2. The zero-order chi connectivity index (χ0) is 22.3. The zero-order valence-corrected chi connectivity index (χ0v) is 19.6. The minimum Gasteiger partial charge on any atom is -0.332 e. The van der Waals surface area contributed by atoms with Gasteiger partial charge in [-0.2, -0.15) is 5.10 Å². The number of amides is 2. The van der Waals surface area contributed by atoms with Crippen LogP contribution in [0.4, 0.5) is 5.82 Å². The first-order chi connectivity index (χ1) is 14.2. The van der Waals surface area contributed by atoms with Crippen LogP contribution in [0, 0.1) is 0 Å². The number of carbonyl (C=O) groups excluding carboxylic acids is 2. The van der Waals surface area contributed by atoms with Crippen molar-refractivity contribution >= 4 is 40.8 Å². The molecule has 30 heavy (non-hydrogen) atoms. The molecule has 0 saturated carbocycles. The first-order valence-electron chi connectivity index (χ1n) is 10.2. The summed E-state index contributed by atoms with van der Waals surface area (Å²) in [6, 6.07) is 9.15. The van der Waals surface area contributed by atoms with E-state index in [0.717, 1.165) is 25.0 Å². The minimum atomic E-state index is -0.307. The third-order valence-electron chi connectivity index (χ3n) is 4.66. The maximum atomic E-state index is 12.8. The number of hydrogen-bond acceptors (Lipinski definition) is 3. The summed E-state index contributed by atoms with van der Waals surface area (Å²) in [7, 11) is 0. The van der Waals surface area contributed by atoms with Crippen molar-refractivity contribution in [3.63, 3.8) is 0 Å². The van der Waals surface area contributed by atoms with E-state index < -0.39 is 0 Å². The van der Waals surface area contributed by atoms with Crippen molar-refractivity contribution in [2.75, 3.05) is 24.3 Å². The van der Waals surface area contributed by atoms with Crippen LogP contribution in [-0.4, -0.2) is 45.5 Å². The Hall–Kier alpha value is -2.05. The Labute approximate surface area is 188 Å². The molecule has 1 N–H and O–H groups in total. The molecule has 0 atom stereocenters. The van der Waals surface area contributed by atoms with Gasteiger partial charge in [-0.05, 0) is 18.6 Å². The van der Waals surface area contributed by atoms with Crippen LogP contribution in [0.15, 0.2) is 30.3 Å². The Kier molecular flexibility index (Phi) is 8.74.